The molecule has 0 spiro atoms. The molecule has 3 heteroatoms. The normalized spacial score (nSPS) is 25.1. The number of amides is 1. The lowest BCUT2D eigenvalue weighted by Gasteiger charge is -2.19. The first-order chi connectivity index (χ1) is 7.74. The second-order valence-corrected chi connectivity index (χ2v) is 3.84. The van der Waals surface area contributed by atoms with E-state index in [1.807, 2.05) is 49.4 Å². The van der Waals surface area contributed by atoms with Crippen LogP contribution in [-0.4, -0.2) is 24.1 Å². The van der Waals surface area contributed by atoms with Gasteiger partial charge in [-0.1, -0.05) is 36.4 Å². The van der Waals surface area contributed by atoms with Gasteiger partial charge in [0.1, 0.15) is 12.1 Å². The highest BCUT2D eigenvalue weighted by atomic mass is 16.6. The number of cyclic esters (lactones) is 1. The van der Waals surface area contributed by atoms with Crippen molar-refractivity contribution in [3.05, 3.63) is 48.0 Å². The quantitative estimate of drug-likeness (QED) is 0.713. The lowest BCUT2D eigenvalue weighted by Crippen LogP contribution is -2.24. The van der Waals surface area contributed by atoms with Crippen molar-refractivity contribution in [3.8, 4) is 0 Å². The molecule has 1 aromatic rings. The Morgan fingerprint density at radius 1 is 1.31 bits per heavy atom. The summed E-state index contributed by atoms with van der Waals surface area (Å²) >= 11 is 0. The zero-order valence-electron chi connectivity index (χ0n) is 9.46. The minimum absolute atomic E-state index is 0.0232. The molecule has 1 saturated heterocycles. The van der Waals surface area contributed by atoms with Crippen molar-refractivity contribution in [2.24, 2.45) is 0 Å². The van der Waals surface area contributed by atoms with Crippen molar-refractivity contribution in [2.75, 3.05) is 7.05 Å². The van der Waals surface area contributed by atoms with Crippen molar-refractivity contribution in [1.29, 1.82) is 0 Å². The summed E-state index contributed by atoms with van der Waals surface area (Å²) in [4.78, 5) is 13.2. The van der Waals surface area contributed by atoms with Gasteiger partial charge in [0, 0.05) is 7.05 Å². The molecule has 1 aliphatic rings. The highest BCUT2D eigenvalue weighted by Crippen LogP contribution is 2.32. The number of benzene rings is 1. The minimum atomic E-state index is -0.267. The topological polar surface area (TPSA) is 29.5 Å². The van der Waals surface area contributed by atoms with Gasteiger partial charge in [-0.2, -0.15) is 0 Å². The summed E-state index contributed by atoms with van der Waals surface area (Å²) in [5.74, 6) is 0. The fourth-order valence-corrected chi connectivity index (χ4v) is 2.00. The van der Waals surface area contributed by atoms with E-state index in [0.717, 1.165) is 5.56 Å². The van der Waals surface area contributed by atoms with Crippen LogP contribution in [0.25, 0.3) is 0 Å². The number of allylic oxidation sites excluding steroid dienone is 1. The van der Waals surface area contributed by atoms with Crippen LogP contribution in [0.4, 0.5) is 4.79 Å². The lowest BCUT2D eigenvalue weighted by atomic mass is 10.0. The Hall–Kier alpha value is -1.77. The standard InChI is InChI=1S/C13H15NO2/c1-3-7-11-12(14(2)13(15)16-11)10-8-5-4-6-9-10/h3-9,11-12H,1-2H3/b7-3+/t11-,12-/m1/s1. The van der Waals surface area contributed by atoms with Crippen LogP contribution in [-0.2, 0) is 4.74 Å². The Morgan fingerprint density at radius 2 is 2.00 bits per heavy atom. The van der Waals surface area contributed by atoms with E-state index >= 15 is 0 Å². The molecule has 1 aliphatic heterocycles. The molecule has 1 heterocycles. The summed E-state index contributed by atoms with van der Waals surface area (Å²) in [5, 5.41) is 0. The van der Waals surface area contributed by atoms with Gasteiger partial charge < -0.3 is 9.64 Å². The predicted octanol–water partition coefficient (Wildman–Crippen LogP) is 2.75. The molecule has 2 rings (SSSR count). The van der Waals surface area contributed by atoms with Gasteiger partial charge in [0.15, 0.2) is 0 Å². The molecular weight excluding hydrogens is 202 g/mol. The number of likely N-dealkylation sites (N-methyl/N-ethyl adjacent to an activating group) is 1. The Morgan fingerprint density at radius 3 is 2.62 bits per heavy atom. The maximum absolute atomic E-state index is 11.5. The SMILES string of the molecule is C/C=C/[C@H]1OC(=O)N(C)[C@@H]1c1ccccc1. The number of ether oxygens (including phenoxy) is 1. The van der Waals surface area contributed by atoms with Gasteiger partial charge in [0.2, 0.25) is 0 Å². The molecule has 0 aliphatic carbocycles. The van der Waals surface area contributed by atoms with Gasteiger partial charge in [-0.25, -0.2) is 4.79 Å². The third-order valence-corrected chi connectivity index (χ3v) is 2.78. The van der Waals surface area contributed by atoms with Gasteiger partial charge in [-0.15, -0.1) is 0 Å². The van der Waals surface area contributed by atoms with E-state index in [2.05, 4.69) is 0 Å². The van der Waals surface area contributed by atoms with Gasteiger partial charge in [-0.05, 0) is 18.6 Å². The molecule has 0 saturated carbocycles. The van der Waals surface area contributed by atoms with Gasteiger partial charge in [-0.3, -0.25) is 0 Å². The fraction of sp³-hybridized carbons (Fsp3) is 0.308. The summed E-state index contributed by atoms with van der Waals surface area (Å²) in [6, 6.07) is 9.91. The Balaban J connectivity index is 2.33. The van der Waals surface area contributed by atoms with Crippen LogP contribution in [0.2, 0.25) is 0 Å². The first-order valence-electron chi connectivity index (χ1n) is 5.35. The number of hydrogen-bond donors (Lipinski definition) is 0. The maximum atomic E-state index is 11.5. The van der Waals surface area contributed by atoms with E-state index in [-0.39, 0.29) is 18.2 Å². The highest BCUT2D eigenvalue weighted by molar-refractivity contribution is 5.71. The van der Waals surface area contributed by atoms with Gasteiger partial charge in [0.25, 0.3) is 0 Å². The van der Waals surface area contributed by atoms with Crippen LogP contribution < -0.4 is 0 Å². The van der Waals surface area contributed by atoms with E-state index in [9.17, 15) is 4.79 Å². The summed E-state index contributed by atoms with van der Waals surface area (Å²) in [7, 11) is 1.77. The molecule has 2 atom stereocenters. The third-order valence-electron chi connectivity index (χ3n) is 2.78. The highest BCUT2D eigenvalue weighted by Gasteiger charge is 2.38. The van der Waals surface area contributed by atoms with Crippen molar-refractivity contribution >= 4 is 6.09 Å². The van der Waals surface area contributed by atoms with E-state index in [4.69, 9.17) is 4.74 Å². The molecule has 3 nitrogen and oxygen atoms in total. The third kappa shape index (κ3) is 1.81. The number of rotatable bonds is 2. The zero-order chi connectivity index (χ0) is 11.5. The summed E-state index contributed by atoms with van der Waals surface area (Å²) in [5.41, 5.74) is 1.10. The zero-order valence-corrected chi connectivity index (χ0v) is 9.46. The molecule has 84 valence electrons. The average Bonchev–Trinajstić information content (AvgIpc) is 2.57. The van der Waals surface area contributed by atoms with Crippen LogP contribution in [0.3, 0.4) is 0 Å². The summed E-state index contributed by atoms with van der Waals surface area (Å²) in [6.07, 6.45) is 3.37. The Labute approximate surface area is 95.3 Å². The lowest BCUT2D eigenvalue weighted by molar-refractivity contribution is 0.147. The molecule has 0 aromatic heterocycles. The molecule has 1 aromatic carbocycles. The Kier molecular flexibility index (Phi) is 2.95. The largest absolute Gasteiger partial charge is 0.439 e. The molecule has 0 unspecified atom stereocenters. The molecule has 16 heavy (non-hydrogen) atoms. The number of hydrogen-bond acceptors (Lipinski definition) is 2. The second-order valence-electron chi connectivity index (χ2n) is 3.84. The number of carbonyl (C=O) groups excluding carboxylic acids is 1. The smallest absolute Gasteiger partial charge is 0.410 e. The fourth-order valence-electron chi connectivity index (χ4n) is 2.00. The summed E-state index contributed by atoms with van der Waals surface area (Å²) < 4.78 is 5.28. The van der Waals surface area contributed by atoms with Crippen molar-refractivity contribution in [3.63, 3.8) is 0 Å². The van der Waals surface area contributed by atoms with Crippen LogP contribution in [0, 0.1) is 0 Å². The molecule has 1 fully saturated rings. The van der Waals surface area contributed by atoms with Crippen LogP contribution >= 0.6 is 0 Å². The molecule has 0 bridgehead atoms. The molecule has 0 radical (unpaired) electrons. The van der Waals surface area contributed by atoms with E-state index in [1.54, 1.807) is 11.9 Å². The molecule has 0 N–H and O–H groups in total. The van der Waals surface area contributed by atoms with Crippen LogP contribution in [0.15, 0.2) is 42.5 Å². The van der Waals surface area contributed by atoms with Crippen molar-refractivity contribution in [1.82, 2.24) is 4.90 Å². The average molecular weight is 217 g/mol. The number of carbonyl (C=O) groups is 1. The molecule has 1 amide bonds. The van der Waals surface area contributed by atoms with E-state index in [0.29, 0.717) is 0 Å². The maximum Gasteiger partial charge on any atom is 0.410 e. The first-order valence-corrected chi connectivity index (χ1v) is 5.35. The van der Waals surface area contributed by atoms with Crippen molar-refractivity contribution < 1.29 is 9.53 Å². The van der Waals surface area contributed by atoms with Crippen molar-refractivity contribution in [2.45, 2.75) is 19.1 Å². The Bertz CT molecular complexity index is 400. The monoisotopic (exact) mass is 217 g/mol. The number of nitrogens with zero attached hydrogens (tertiary/aromatic N) is 1. The first kappa shape index (κ1) is 10.7. The van der Waals surface area contributed by atoms with Crippen LogP contribution in [0.5, 0.6) is 0 Å². The predicted molar refractivity (Wildman–Crippen MR) is 62.0 cm³/mol. The van der Waals surface area contributed by atoms with E-state index < -0.39 is 0 Å². The van der Waals surface area contributed by atoms with Crippen LogP contribution in [0.1, 0.15) is 18.5 Å². The van der Waals surface area contributed by atoms with Gasteiger partial charge >= 0.3 is 6.09 Å². The summed E-state index contributed by atoms with van der Waals surface area (Å²) in [6.45, 7) is 1.92. The van der Waals surface area contributed by atoms with Gasteiger partial charge in [0.05, 0.1) is 0 Å². The second kappa shape index (κ2) is 4.39. The minimum Gasteiger partial charge on any atom is -0.439 e. The van der Waals surface area contributed by atoms with E-state index in [1.165, 1.54) is 0 Å². The molecular formula is C13H15NO2.